The number of nitrogens with one attached hydrogen (secondary N) is 2. The van der Waals surface area contributed by atoms with Crippen LogP contribution in [0.3, 0.4) is 0 Å². The summed E-state index contributed by atoms with van der Waals surface area (Å²) in [4.78, 5) is 39.8. The van der Waals surface area contributed by atoms with Crippen LogP contribution in [0, 0.1) is 23.2 Å². The van der Waals surface area contributed by atoms with E-state index in [0.29, 0.717) is 19.4 Å². The van der Waals surface area contributed by atoms with Crippen molar-refractivity contribution in [2.45, 2.75) is 68.7 Å². The Labute approximate surface area is 196 Å². The first-order valence-electron chi connectivity index (χ1n) is 11.5. The van der Waals surface area contributed by atoms with E-state index in [4.69, 9.17) is 0 Å². The number of fused-ring (bicyclic) bond motifs is 3. The molecule has 5 rings (SSSR count). The van der Waals surface area contributed by atoms with E-state index < -0.39 is 59.7 Å². The zero-order valence-electron chi connectivity index (χ0n) is 18.8. The number of hydrogen-bond acceptors (Lipinski definition) is 5. The number of amides is 3. The minimum absolute atomic E-state index is 0.0509. The molecule has 0 unspecified atom stereocenters. The van der Waals surface area contributed by atoms with Gasteiger partial charge in [-0.2, -0.15) is 5.26 Å². The Bertz CT molecular complexity index is 1010. The Kier molecular flexibility index (Phi) is 6.34. The van der Waals surface area contributed by atoms with Gasteiger partial charge in [-0.25, -0.2) is 8.78 Å². The average molecular weight is 475 g/mol. The zero-order valence-corrected chi connectivity index (χ0v) is 18.8. The third-order valence-electron chi connectivity index (χ3n) is 7.35. The molecule has 3 heterocycles. The van der Waals surface area contributed by atoms with Gasteiger partial charge in [0.15, 0.2) is 5.60 Å². The number of carbonyl (C=O) groups excluding carboxylic acids is 3. The number of hydrogen-bond donors (Lipinski definition) is 3. The Morgan fingerprint density at radius 2 is 2.03 bits per heavy atom. The number of alkyl halides is 2. The van der Waals surface area contributed by atoms with Crippen molar-refractivity contribution in [1.82, 2.24) is 15.5 Å². The molecule has 2 bridgehead atoms. The van der Waals surface area contributed by atoms with Gasteiger partial charge in [0, 0.05) is 24.9 Å². The summed E-state index contributed by atoms with van der Waals surface area (Å²) in [6, 6.07) is 6.55. The van der Waals surface area contributed by atoms with Crippen LogP contribution < -0.4 is 10.6 Å². The molecule has 3 aliphatic heterocycles. The number of halogens is 2. The second kappa shape index (κ2) is 8.95. The first-order valence-corrected chi connectivity index (χ1v) is 11.5. The summed E-state index contributed by atoms with van der Waals surface area (Å²) in [5, 5.41) is 25.8. The highest BCUT2D eigenvalue weighted by atomic mass is 19.3. The molecule has 1 saturated carbocycles. The van der Waals surface area contributed by atoms with Crippen LogP contribution in [0.2, 0.25) is 0 Å². The van der Waals surface area contributed by atoms with Crippen molar-refractivity contribution in [2.24, 2.45) is 11.8 Å². The van der Waals surface area contributed by atoms with Gasteiger partial charge in [-0.05, 0) is 38.2 Å². The Morgan fingerprint density at radius 1 is 1.32 bits per heavy atom. The van der Waals surface area contributed by atoms with Crippen molar-refractivity contribution in [1.29, 1.82) is 5.26 Å². The SMILES string of the molecule is C[C@@](O)(C(=O)N1[C@@H]2CC[C@H]([C@H]1C(=O)N[C@@H](C#N)C[C@@H]1CCNC1=O)C(F)(F)C2)c1ccccc1. The van der Waals surface area contributed by atoms with Crippen LogP contribution >= 0.6 is 0 Å². The monoisotopic (exact) mass is 474 g/mol. The van der Waals surface area contributed by atoms with Gasteiger partial charge in [0.1, 0.15) is 12.1 Å². The van der Waals surface area contributed by atoms with Crippen LogP contribution in [0.4, 0.5) is 8.78 Å². The highest BCUT2D eigenvalue weighted by Crippen LogP contribution is 2.50. The number of nitriles is 1. The molecule has 0 spiro atoms. The average Bonchev–Trinajstić information content (AvgIpc) is 3.21. The quantitative estimate of drug-likeness (QED) is 0.576. The summed E-state index contributed by atoms with van der Waals surface area (Å²) in [7, 11) is 0. The third kappa shape index (κ3) is 4.25. The minimum Gasteiger partial charge on any atom is -0.376 e. The second-order valence-corrected chi connectivity index (χ2v) is 9.60. The predicted octanol–water partition coefficient (Wildman–Crippen LogP) is 1.44. The van der Waals surface area contributed by atoms with Crippen molar-refractivity contribution >= 4 is 17.7 Å². The molecular weight excluding hydrogens is 446 g/mol. The van der Waals surface area contributed by atoms with Gasteiger partial charge < -0.3 is 20.6 Å². The fourth-order valence-electron chi connectivity index (χ4n) is 5.49. The number of aliphatic hydroxyl groups is 1. The van der Waals surface area contributed by atoms with Crippen LogP contribution in [-0.4, -0.2) is 58.3 Å². The second-order valence-electron chi connectivity index (χ2n) is 9.60. The van der Waals surface area contributed by atoms with Gasteiger partial charge >= 0.3 is 0 Å². The smallest absolute Gasteiger partial charge is 0.259 e. The number of piperidine rings is 2. The number of benzene rings is 1. The highest BCUT2D eigenvalue weighted by molar-refractivity contribution is 5.93. The van der Waals surface area contributed by atoms with E-state index in [1.807, 2.05) is 6.07 Å². The summed E-state index contributed by atoms with van der Waals surface area (Å²) in [5.74, 6) is -6.95. The molecule has 8 nitrogen and oxygen atoms in total. The fraction of sp³-hybridized carbons (Fsp3) is 0.583. The molecule has 0 radical (unpaired) electrons. The topological polar surface area (TPSA) is 123 Å². The molecule has 182 valence electrons. The van der Waals surface area contributed by atoms with E-state index in [1.165, 1.54) is 6.92 Å². The van der Waals surface area contributed by atoms with Crippen molar-refractivity contribution < 1.29 is 28.3 Å². The Morgan fingerprint density at radius 3 is 2.62 bits per heavy atom. The van der Waals surface area contributed by atoms with E-state index in [-0.39, 0.29) is 24.3 Å². The maximum absolute atomic E-state index is 14.9. The summed E-state index contributed by atoms with van der Waals surface area (Å²) in [6.07, 6.45) is 0.340. The van der Waals surface area contributed by atoms with Crippen molar-refractivity contribution in [3.05, 3.63) is 35.9 Å². The Balaban J connectivity index is 1.60. The highest BCUT2D eigenvalue weighted by Gasteiger charge is 2.62. The maximum atomic E-state index is 14.9. The van der Waals surface area contributed by atoms with Gasteiger partial charge in [0.2, 0.25) is 11.8 Å². The van der Waals surface area contributed by atoms with Gasteiger partial charge in [-0.15, -0.1) is 0 Å². The lowest BCUT2D eigenvalue weighted by Crippen LogP contribution is -2.70. The van der Waals surface area contributed by atoms with Crippen LogP contribution in [0.5, 0.6) is 0 Å². The summed E-state index contributed by atoms with van der Waals surface area (Å²) in [6.45, 7) is 1.77. The molecule has 10 heteroatoms. The first-order chi connectivity index (χ1) is 16.1. The Hall–Kier alpha value is -3.06. The molecule has 34 heavy (non-hydrogen) atoms. The van der Waals surface area contributed by atoms with E-state index in [2.05, 4.69) is 10.6 Å². The van der Waals surface area contributed by atoms with Crippen LogP contribution in [0.15, 0.2) is 30.3 Å². The van der Waals surface area contributed by atoms with E-state index in [1.54, 1.807) is 30.3 Å². The number of nitrogens with zero attached hydrogens (tertiary/aromatic N) is 2. The third-order valence-corrected chi connectivity index (χ3v) is 7.35. The van der Waals surface area contributed by atoms with Crippen LogP contribution in [-0.2, 0) is 20.0 Å². The molecule has 6 atom stereocenters. The lowest BCUT2D eigenvalue weighted by molar-refractivity contribution is -0.203. The first kappa shape index (κ1) is 24.1. The van der Waals surface area contributed by atoms with Crippen molar-refractivity contribution in [3.8, 4) is 6.07 Å². The van der Waals surface area contributed by atoms with Gasteiger partial charge in [0.05, 0.1) is 12.0 Å². The lowest BCUT2D eigenvalue weighted by Gasteiger charge is -2.54. The van der Waals surface area contributed by atoms with Gasteiger partial charge in [-0.1, -0.05) is 30.3 Å². The number of rotatable bonds is 6. The van der Waals surface area contributed by atoms with E-state index >= 15 is 0 Å². The van der Waals surface area contributed by atoms with Gasteiger partial charge in [0.25, 0.3) is 11.8 Å². The summed E-state index contributed by atoms with van der Waals surface area (Å²) in [5.41, 5.74) is -1.74. The zero-order chi connectivity index (χ0) is 24.7. The minimum atomic E-state index is -3.16. The predicted molar refractivity (Wildman–Crippen MR) is 116 cm³/mol. The van der Waals surface area contributed by atoms with Crippen LogP contribution in [0.25, 0.3) is 0 Å². The molecule has 1 aromatic rings. The molecule has 0 aromatic heterocycles. The molecule has 4 aliphatic rings. The molecule has 3 amide bonds. The van der Waals surface area contributed by atoms with E-state index in [0.717, 1.165) is 4.90 Å². The largest absolute Gasteiger partial charge is 0.376 e. The lowest BCUT2D eigenvalue weighted by atomic mass is 9.70. The standard InChI is InChI=1S/C24H28F2N4O4/c1-23(34,15-5-3-2-4-6-15)22(33)30-17-7-8-18(24(25,26)12-17)19(30)21(32)29-16(13-27)11-14-9-10-28-20(14)31/h2-6,14,16-19,34H,7-12H2,1H3,(H,28,31)(H,29,32)/t14-,16+,17+,18+,19-,23-/m0/s1. The fourth-order valence-corrected chi connectivity index (χ4v) is 5.49. The summed E-state index contributed by atoms with van der Waals surface area (Å²) >= 11 is 0. The number of carbonyl (C=O) groups is 3. The van der Waals surface area contributed by atoms with Gasteiger partial charge in [-0.3, -0.25) is 14.4 Å². The molecule has 3 saturated heterocycles. The maximum Gasteiger partial charge on any atom is 0.259 e. The normalized spacial score (nSPS) is 30.1. The molecule has 1 aromatic carbocycles. The van der Waals surface area contributed by atoms with Crippen molar-refractivity contribution in [3.63, 3.8) is 0 Å². The molecule has 1 aliphatic carbocycles. The van der Waals surface area contributed by atoms with E-state index in [9.17, 15) is 33.5 Å². The molecular formula is C24H28F2N4O4. The molecule has 4 fully saturated rings. The molecule has 3 N–H and O–H groups in total. The van der Waals surface area contributed by atoms with Crippen LogP contribution in [0.1, 0.15) is 44.6 Å². The van der Waals surface area contributed by atoms with Crippen molar-refractivity contribution in [2.75, 3.05) is 6.54 Å². The summed E-state index contributed by atoms with van der Waals surface area (Å²) < 4.78 is 29.7.